The van der Waals surface area contributed by atoms with Crippen LogP contribution in [0.25, 0.3) is 16.8 Å². The number of aliphatic carboxylic acids is 1. The summed E-state index contributed by atoms with van der Waals surface area (Å²) in [6.07, 6.45) is 2.85. The highest BCUT2D eigenvalue weighted by molar-refractivity contribution is 7.89. The van der Waals surface area contributed by atoms with E-state index in [0.29, 0.717) is 5.56 Å². The maximum atomic E-state index is 12.4. The lowest BCUT2D eigenvalue weighted by molar-refractivity contribution is -0.136. The summed E-state index contributed by atoms with van der Waals surface area (Å²) in [6, 6.07) is 19.3. The second-order valence-corrected chi connectivity index (χ2v) is 8.14. The average Bonchev–Trinajstić information content (AvgIpc) is 2.71. The molecule has 0 aliphatic rings. The molecule has 2 N–H and O–H groups in total. The summed E-state index contributed by atoms with van der Waals surface area (Å²) in [7, 11) is -3.82. The fourth-order valence-electron chi connectivity index (χ4n) is 2.75. The smallest absolute Gasteiger partial charge is 0.304 e. The number of benzene rings is 3. The van der Waals surface area contributed by atoms with E-state index >= 15 is 0 Å². The molecule has 0 bridgehead atoms. The van der Waals surface area contributed by atoms with Gasteiger partial charge in [-0.1, -0.05) is 42.5 Å². The molecule has 3 rings (SSSR count). The zero-order valence-electron chi connectivity index (χ0n) is 15.4. The Morgan fingerprint density at radius 1 is 0.931 bits per heavy atom. The number of carbonyl (C=O) groups excluding carboxylic acids is 1. The Hall–Kier alpha value is -3.29. The van der Waals surface area contributed by atoms with Crippen molar-refractivity contribution >= 4 is 38.6 Å². The largest absolute Gasteiger partial charge is 0.481 e. The van der Waals surface area contributed by atoms with E-state index in [-0.39, 0.29) is 23.6 Å². The summed E-state index contributed by atoms with van der Waals surface area (Å²) in [5.74, 6) is -1.34. The zero-order chi connectivity index (χ0) is 20.9. The van der Waals surface area contributed by atoms with E-state index in [1.165, 1.54) is 30.3 Å². The van der Waals surface area contributed by atoms with E-state index in [9.17, 15) is 18.0 Å². The molecular formula is C22H19NO5S. The van der Waals surface area contributed by atoms with Crippen LogP contribution in [0.3, 0.4) is 0 Å². The van der Waals surface area contributed by atoms with Crippen molar-refractivity contribution in [3.8, 4) is 0 Å². The fraction of sp³-hybridized carbons (Fsp3) is 0.0909. The molecule has 0 aromatic heterocycles. The third kappa shape index (κ3) is 5.37. The maximum absolute atomic E-state index is 12.4. The molecule has 0 aliphatic heterocycles. The molecule has 0 amide bonds. The molecule has 148 valence electrons. The van der Waals surface area contributed by atoms with Gasteiger partial charge in [0, 0.05) is 12.1 Å². The normalized spacial score (nSPS) is 11.7. The Morgan fingerprint density at radius 3 is 2.31 bits per heavy atom. The van der Waals surface area contributed by atoms with Crippen LogP contribution in [0.5, 0.6) is 0 Å². The fourth-order valence-corrected chi connectivity index (χ4v) is 3.79. The van der Waals surface area contributed by atoms with Crippen molar-refractivity contribution in [1.29, 1.82) is 0 Å². The molecule has 0 unspecified atom stereocenters. The van der Waals surface area contributed by atoms with Gasteiger partial charge in [0.15, 0.2) is 5.78 Å². The zero-order valence-corrected chi connectivity index (χ0v) is 16.2. The number of rotatable bonds is 8. The highest BCUT2D eigenvalue weighted by atomic mass is 32.2. The summed E-state index contributed by atoms with van der Waals surface area (Å²) >= 11 is 0. The number of carboxylic acid groups (broad SMARTS) is 1. The van der Waals surface area contributed by atoms with E-state index in [1.54, 1.807) is 6.08 Å². The molecule has 29 heavy (non-hydrogen) atoms. The van der Waals surface area contributed by atoms with Gasteiger partial charge in [-0.15, -0.1) is 0 Å². The van der Waals surface area contributed by atoms with E-state index in [4.69, 9.17) is 5.11 Å². The Bertz CT molecular complexity index is 1180. The monoisotopic (exact) mass is 409 g/mol. The molecular weight excluding hydrogens is 390 g/mol. The minimum absolute atomic E-state index is 0.0297. The highest BCUT2D eigenvalue weighted by Crippen LogP contribution is 2.17. The van der Waals surface area contributed by atoms with Crippen LogP contribution in [0.4, 0.5) is 0 Å². The van der Waals surface area contributed by atoms with Gasteiger partial charge in [-0.2, -0.15) is 0 Å². The molecule has 3 aromatic carbocycles. The first-order valence-electron chi connectivity index (χ1n) is 8.88. The summed E-state index contributed by atoms with van der Waals surface area (Å²) in [6.45, 7) is -0.202. The molecule has 0 spiro atoms. The molecule has 0 radical (unpaired) electrons. The number of nitrogens with one attached hydrogen (secondary N) is 1. The molecule has 6 nitrogen and oxygen atoms in total. The van der Waals surface area contributed by atoms with E-state index in [0.717, 1.165) is 16.3 Å². The number of carboxylic acids is 1. The van der Waals surface area contributed by atoms with Crippen LogP contribution in [0.2, 0.25) is 0 Å². The number of carbonyl (C=O) groups is 2. The third-order valence-corrected chi connectivity index (χ3v) is 5.76. The van der Waals surface area contributed by atoms with Crippen molar-refractivity contribution in [3.05, 3.63) is 83.9 Å². The Morgan fingerprint density at radius 2 is 1.62 bits per heavy atom. The van der Waals surface area contributed by atoms with Crippen LogP contribution < -0.4 is 4.72 Å². The minimum Gasteiger partial charge on any atom is -0.481 e. The van der Waals surface area contributed by atoms with Gasteiger partial charge < -0.3 is 5.11 Å². The first kappa shape index (κ1) is 20.4. The summed E-state index contributed by atoms with van der Waals surface area (Å²) in [5.41, 5.74) is 1.24. The number of hydrogen-bond acceptors (Lipinski definition) is 4. The van der Waals surface area contributed by atoms with Gasteiger partial charge in [0.05, 0.1) is 11.3 Å². The lowest BCUT2D eigenvalue weighted by Gasteiger charge is -2.06. The van der Waals surface area contributed by atoms with Crippen LogP contribution in [0, 0.1) is 0 Å². The number of hydrogen-bond donors (Lipinski definition) is 2. The Balaban J connectivity index is 1.69. The van der Waals surface area contributed by atoms with Gasteiger partial charge in [-0.3, -0.25) is 9.59 Å². The Labute approximate surface area is 168 Å². The van der Waals surface area contributed by atoms with Gasteiger partial charge in [-0.25, -0.2) is 13.1 Å². The summed E-state index contributed by atoms with van der Waals surface area (Å²) < 4.78 is 26.4. The quantitative estimate of drug-likeness (QED) is 0.438. The van der Waals surface area contributed by atoms with Crippen LogP contribution in [-0.4, -0.2) is 31.8 Å². The van der Waals surface area contributed by atoms with Gasteiger partial charge in [-0.05, 0) is 52.7 Å². The van der Waals surface area contributed by atoms with E-state index in [2.05, 4.69) is 4.72 Å². The van der Waals surface area contributed by atoms with Crippen LogP contribution >= 0.6 is 0 Å². The second-order valence-electron chi connectivity index (χ2n) is 6.37. The van der Waals surface area contributed by atoms with Gasteiger partial charge >= 0.3 is 5.97 Å². The van der Waals surface area contributed by atoms with Crippen molar-refractivity contribution in [1.82, 2.24) is 4.72 Å². The number of fused-ring (bicyclic) bond motifs is 1. The van der Waals surface area contributed by atoms with E-state index in [1.807, 2.05) is 42.5 Å². The van der Waals surface area contributed by atoms with Crippen molar-refractivity contribution in [3.63, 3.8) is 0 Å². The predicted octanol–water partition coefficient (Wildman–Crippen LogP) is 3.49. The molecule has 3 aromatic rings. The molecule has 0 aliphatic carbocycles. The van der Waals surface area contributed by atoms with Gasteiger partial charge in [0.2, 0.25) is 10.0 Å². The Kier molecular flexibility index (Phi) is 6.21. The standard InChI is InChI=1S/C22H19NO5S/c24-21(12-6-16-5-7-17-3-1-2-4-19(17)15-16)18-8-10-20(11-9-18)29(27,28)23-14-13-22(25)26/h1-12,15,23H,13-14H2,(H,25,26)/b12-6+. The SMILES string of the molecule is O=C(O)CCNS(=O)(=O)c1ccc(C(=O)/C=C/c2ccc3ccccc3c2)cc1. The number of sulfonamides is 1. The second kappa shape index (κ2) is 8.81. The topological polar surface area (TPSA) is 101 Å². The van der Waals surface area contributed by atoms with Crippen LogP contribution in [0.15, 0.2) is 77.7 Å². The molecule has 0 saturated carbocycles. The average molecular weight is 409 g/mol. The van der Waals surface area contributed by atoms with Crippen LogP contribution in [0.1, 0.15) is 22.3 Å². The summed E-state index contributed by atoms with van der Waals surface area (Å²) in [4.78, 5) is 22.8. The predicted molar refractivity (Wildman–Crippen MR) is 111 cm³/mol. The molecule has 7 heteroatoms. The maximum Gasteiger partial charge on any atom is 0.304 e. The van der Waals surface area contributed by atoms with Crippen molar-refractivity contribution < 1.29 is 23.1 Å². The molecule has 0 fully saturated rings. The molecule has 0 heterocycles. The first-order valence-corrected chi connectivity index (χ1v) is 10.4. The van der Waals surface area contributed by atoms with E-state index < -0.39 is 16.0 Å². The summed E-state index contributed by atoms with van der Waals surface area (Å²) in [5, 5.41) is 10.8. The lowest BCUT2D eigenvalue weighted by atomic mass is 10.1. The van der Waals surface area contributed by atoms with Crippen LogP contribution in [-0.2, 0) is 14.8 Å². The van der Waals surface area contributed by atoms with Crippen molar-refractivity contribution in [2.24, 2.45) is 0 Å². The van der Waals surface area contributed by atoms with Crippen molar-refractivity contribution in [2.75, 3.05) is 6.54 Å². The molecule has 0 atom stereocenters. The minimum atomic E-state index is -3.82. The lowest BCUT2D eigenvalue weighted by Crippen LogP contribution is -2.26. The van der Waals surface area contributed by atoms with Gasteiger partial charge in [0.25, 0.3) is 0 Å². The molecule has 0 saturated heterocycles. The highest BCUT2D eigenvalue weighted by Gasteiger charge is 2.14. The van der Waals surface area contributed by atoms with Gasteiger partial charge in [0.1, 0.15) is 0 Å². The first-order chi connectivity index (χ1) is 13.8. The number of allylic oxidation sites excluding steroid dienone is 1. The van der Waals surface area contributed by atoms with Crippen molar-refractivity contribution in [2.45, 2.75) is 11.3 Å². The third-order valence-electron chi connectivity index (χ3n) is 4.28. The number of ketones is 1.